The number of nitrogens with one attached hydrogen (secondary N) is 1. The number of anilines is 1. The number of aromatic nitrogens is 1. The third-order valence-electron chi connectivity index (χ3n) is 3.95. The fourth-order valence-electron chi connectivity index (χ4n) is 2.65. The molecule has 1 aliphatic rings. The average Bonchev–Trinajstić information content (AvgIpc) is 2.58. The second kappa shape index (κ2) is 6.57. The summed E-state index contributed by atoms with van der Waals surface area (Å²) in [6.45, 7) is 0.296. The van der Waals surface area contributed by atoms with Gasteiger partial charge in [-0.25, -0.2) is 0 Å². The molecule has 2 heterocycles. The minimum Gasteiger partial charge on any atom is -0.497 e. The number of hydrogen-bond donors (Lipinski definition) is 1. The molecule has 24 heavy (non-hydrogen) atoms. The smallest absolute Gasteiger partial charge is 0.269 e. The molecule has 0 unspecified atom stereocenters. The molecule has 1 atom stereocenters. The summed E-state index contributed by atoms with van der Waals surface area (Å²) in [6.07, 6.45) is 2.09. The van der Waals surface area contributed by atoms with E-state index in [0.29, 0.717) is 18.7 Å². The maximum Gasteiger partial charge on any atom is 0.269 e. The zero-order valence-corrected chi connectivity index (χ0v) is 14.1. The molecule has 1 amide bonds. The first-order valence-corrected chi connectivity index (χ1v) is 7.82. The Morgan fingerprint density at radius 1 is 1.42 bits per heavy atom. The second-order valence-electron chi connectivity index (χ2n) is 5.67. The van der Waals surface area contributed by atoms with Crippen LogP contribution in [0.1, 0.15) is 5.56 Å². The molecule has 0 saturated heterocycles. The summed E-state index contributed by atoms with van der Waals surface area (Å²) < 4.78 is 12.2. The molecule has 0 bridgehead atoms. The first kappa shape index (κ1) is 16.4. The monoisotopic (exact) mass is 348 g/mol. The number of amides is 1. The minimum atomic E-state index is -0.333. The first-order valence-electron chi connectivity index (χ1n) is 7.44. The van der Waals surface area contributed by atoms with Gasteiger partial charge in [-0.1, -0.05) is 11.6 Å². The molecular weight excluding hydrogens is 332 g/mol. The highest BCUT2D eigenvalue weighted by Gasteiger charge is 2.26. The zero-order valence-electron chi connectivity index (χ0n) is 13.3. The van der Waals surface area contributed by atoms with Gasteiger partial charge in [0.25, 0.3) is 5.56 Å². The van der Waals surface area contributed by atoms with Crippen LogP contribution in [0.3, 0.4) is 0 Å². The molecule has 0 radical (unpaired) electrons. The Labute approximate surface area is 144 Å². The highest BCUT2D eigenvalue weighted by molar-refractivity contribution is 6.30. The second-order valence-corrected chi connectivity index (χ2v) is 6.07. The van der Waals surface area contributed by atoms with Gasteiger partial charge in [-0.15, -0.1) is 0 Å². The fourth-order valence-corrected chi connectivity index (χ4v) is 2.90. The summed E-state index contributed by atoms with van der Waals surface area (Å²) in [4.78, 5) is 24.1. The Morgan fingerprint density at radius 2 is 2.21 bits per heavy atom. The van der Waals surface area contributed by atoms with E-state index in [1.807, 2.05) is 18.2 Å². The maximum atomic E-state index is 12.5. The summed E-state index contributed by atoms with van der Waals surface area (Å²) >= 11 is 5.87. The Kier molecular flexibility index (Phi) is 4.49. The van der Waals surface area contributed by atoms with Gasteiger partial charge in [-0.05, 0) is 36.2 Å². The predicted octanol–water partition coefficient (Wildman–Crippen LogP) is 2.24. The third kappa shape index (κ3) is 3.23. The summed E-state index contributed by atoms with van der Waals surface area (Å²) in [5.41, 5.74) is 1.10. The number of aryl methyl sites for hydroxylation is 1. The molecule has 1 aromatic carbocycles. The molecule has 1 aliphatic heterocycles. The van der Waals surface area contributed by atoms with E-state index in [4.69, 9.17) is 21.1 Å². The van der Waals surface area contributed by atoms with E-state index >= 15 is 0 Å². The van der Waals surface area contributed by atoms with Gasteiger partial charge in [0.2, 0.25) is 5.91 Å². The molecule has 0 spiro atoms. The van der Waals surface area contributed by atoms with E-state index in [2.05, 4.69) is 5.32 Å². The Hall–Kier alpha value is -2.47. The van der Waals surface area contributed by atoms with E-state index in [-0.39, 0.29) is 22.4 Å². The summed E-state index contributed by atoms with van der Waals surface area (Å²) in [6, 6.07) is 6.99. The molecule has 1 N–H and O–H groups in total. The number of rotatable bonds is 3. The third-order valence-corrected chi connectivity index (χ3v) is 4.22. The number of carbonyl (C=O) groups is 1. The van der Waals surface area contributed by atoms with E-state index in [1.165, 1.54) is 16.8 Å². The lowest BCUT2D eigenvalue weighted by Gasteiger charge is -2.25. The van der Waals surface area contributed by atoms with E-state index in [9.17, 15) is 9.59 Å². The van der Waals surface area contributed by atoms with Crippen LogP contribution in [-0.4, -0.2) is 24.2 Å². The van der Waals surface area contributed by atoms with Crippen LogP contribution >= 0.6 is 11.6 Å². The van der Waals surface area contributed by atoms with E-state index < -0.39 is 0 Å². The number of pyridine rings is 1. The average molecular weight is 349 g/mol. The van der Waals surface area contributed by atoms with Crippen LogP contribution < -0.4 is 20.3 Å². The fraction of sp³-hybridized carbons (Fsp3) is 0.294. The van der Waals surface area contributed by atoms with Crippen molar-refractivity contribution in [3.63, 3.8) is 0 Å². The number of hydrogen-bond acceptors (Lipinski definition) is 4. The highest BCUT2D eigenvalue weighted by atomic mass is 35.5. The van der Waals surface area contributed by atoms with Gasteiger partial charge in [0.15, 0.2) is 0 Å². The molecule has 7 heteroatoms. The number of benzene rings is 1. The van der Waals surface area contributed by atoms with Crippen LogP contribution in [0.5, 0.6) is 11.5 Å². The zero-order chi connectivity index (χ0) is 17.3. The quantitative estimate of drug-likeness (QED) is 0.923. The normalized spacial score (nSPS) is 16.0. The Balaban J connectivity index is 1.75. The lowest BCUT2D eigenvalue weighted by Crippen LogP contribution is -2.33. The molecule has 6 nitrogen and oxygen atoms in total. The molecule has 126 valence electrons. The maximum absolute atomic E-state index is 12.5. The summed E-state index contributed by atoms with van der Waals surface area (Å²) in [5, 5.41) is 2.85. The number of nitrogens with zero attached hydrogens (tertiary/aromatic N) is 1. The van der Waals surface area contributed by atoms with Crippen LogP contribution in [0.2, 0.25) is 5.02 Å². The van der Waals surface area contributed by atoms with E-state index in [1.54, 1.807) is 14.2 Å². The van der Waals surface area contributed by atoms with Gasteiger partial charge in [0.05, 0.1) is 18.7 Å². The number of carbonyl (C=O) groups excluding carboxylic acids is 1. The number of ether oxygens (including phenoxy) is 2. The Bertz CT molecular complexity index is 821. The lowest BCUT2D eigenvalue weighted by atomic mass is 9.95. The van der Waals surface area contributed by atoms with Gasteiger partial charge >= 0.3 is 0 Å². The van der Waals surface area contributed by atoms with Crippen molar-refractivity contribution >= 4 is 23.2 Å². The van der Waals surface area contributed by atoms with Crippen molar-refractivity contribution < 1.29 is 14.3 Å². The molecule has 0 fully saturated rings. The first-order chi connectivity index (χ1) is 11.5. The van der Waals surface area contributed by atoms with Crippen LogP contribution in [0.4, 0.5) is 5.69 Å². The van der Waals surface area contributed by atoms with Crippen LogP contribution in [0.15, 0.2) is 35.3 Å². The number of fused-ring (bicyclic) bond motifs is 1. The van der Waals surface area contributed by atoms with Crippen molar-refractivity contribution in [2.24, 2.45) is 13.0 Å². The standard InChI is InChI=1S/C17H17ClN2O4/c1-20-8-12(7-14(18)17(20)22)19-16(21)11-5-10-6-13(23-2)3-4-15(10)24-9-11/h3-4,6-8,11H,5,9H2,1-2H3,(H,19,21)/t11-/m0/s1. The van der Waals surface area contributed by atoms with Crippen LogP contribution in [0.25, 0.3) is 0 Å². The SMILES string of the molecule is COc1ccc2c(c1)C[C@H](C(=O)Nc1cc(Cl)c(=O)n(C)c1)CO2. The van der Waals surface area contributed by atoms with Crippen molar-refractivity contribution in [3.8, 4) is 11.5 Å². The molecule has 0 aliphatic carbocycles. The Morgan fingerprint density at radius 3 is 2.92 bits per heavy atom. The molecule has 3 rings (SSSR count). The van der Waals surface area contributed by atoms with Gasteiger partial charge in [0.1, 0.15) is 23.1 Å². The predicted molar refractivity (Wildman–Crippen MR) is 91.0 cm³/mol. The van der Waals surface area contributed by atoms with Crippen molar-refractivity contribution in [2.75, 3.05) is 19.0 Å². The molecule has 2 aromatic rings. The molecule has 1 aromatic heterocycles. The van der Waals surface area contributed by atoms with Crippen LogP contribution in [0, 0.1) is 5.92 Å². The largest absolute Gasteiger partial charge is 0.497 e. The van der Waals surface area contributed by atoms with Crippen molar-refractivity contribution in [1.29, 1.82) is 0 Å². The molecular formula is C17H17ClN2O4. The topological polar surface area (TPSA) is 69.6 Å². The van der Waals surface area contributed by atoms with Crippen LogP contribution in [-0.2, 0) is 18.3 Å². The molecule has 0 saturated carbocycles. The highest BCUT2D eigenvalue weighted by Crippen LogP contribution is 2.31. The van der Waals surface area contributed by atoms with Crippen molar-refractivity contribution in [3.05, 3.63) is 51.4 Å². The van der Waals surface area contributed by atoms with Crippen molar-refractivity contribution in [2.45, 2.75) is 6.42 Å². The van der Waals surface area contributed by atoms with E-state index in [0.717, 1.165) is 17.1 Å². The lowest BCUT2D eigenvalue weighted by molar-refractivity contribution is -0.121. The van der Waals surface area contributed by atoms with Gasteiger partial charge in [-0.2, -0.15) is 0 Å². The summed E-state index contributed by atoms with van der Waals surface area (Å²) in [7, 11) is 3.18. The number of methoxy groups -OCH3 is 1. The van der Waals surface area contributed by atoms with Gasteiger partial charge in [0, 0.05) is 13.2 Å². The minimum absolute atomic E-state index is 0.0604. The number of halogens is 1. The summed E-state index contributed by atoms with van der Waals surface area (Å²) in [5.74, 6) is 0.979. The van der Waals surface area contributed by atoms with Gasteiger partial charge < -0.3 is 19.4 Å². The van der Waals surface area contributed by atoms with Gasteiger partial charge in [-0.3, -0.25) is 9.59 Å². The van der Waals surface area contributed by atoms with Crippen molar-refractivity contribution in [1.82, 2.24) is 4.57 Å².